The van der Waals surface area contributed by atoms with Crippen molar-refractivity contribution in [2.75, 3.05) is 11.9 Å². The summed E-state index contributed by atoms with van der Waals surface area (Å²) in [6, 6.07) is 8.95. The molecule has 1 aromatic heterocycles. The summed E-state index contributed by atoms with van der Waals surface area (Å²) in [5.41, 5.74) is 9.50. The number of ether oxygens (including phenoxy) is 1. The summed E-state index contributed by atoms with van der Waals surface area (Å²) >= 11 is 0. The number of aryl methyl sites for hydroxylation is 2. The summed E-state index contributed by atoms with van der Waals surface area (Å²) in [6.07, 6.45) is -3.04. The van der Waals surface area contributed by atoms with E-state index in [1.54, 1.807) is 6.07 Å². The molecule has 0 fully saturated rings. The predicted molar refractivity (Wildman–Crippen MR) is 106 cm³/mol. The molecule has 0 aliphatic carbocycles. The molecule has 0 radical (unpaired) electrons. The summed E-state index contributed by atoms with van der Waals surface area (Å²) in [6.45, 7) is 2.76. The molecule has 0 aliphatic rings. The number of nitrogens with zero attached hydrogens (tertiary/aromatic N) is 2. The fourth-order valence-corrected chi connectivity index (χ4v) is 2.19. The molecule has 0 aliphatic heterocycles. The summed E-state index contributed by atoms with van der Waals surface area (Å²) in [5, 5.41) is 2.99. The summed E-state index contributed by atoms with van der Waals surface area (Å²) in [7, 11) is 0. The third kappa shape index (κ3) is 7.89. The molecule has 0 amide bonds. The van der Waals surface area contributed by atoms with Crippen molar-refractivity contribution in [2.24, 2.45) is 10.7 Å². The van der Waals surface area contributed by atoms with E-state index >= 15 is 0 Å². The Labute approximate surface area is 166 Å². The van der Waals surface area contributed by atoms with E-state index in [1.807, 2.05) is 32.0 Å². The Morgan fingerprint density at radius 2 is 1.85 bits per heavy atom. The van der Waals surface area contributed by atoms with Gasteiger partial charge in [-0.2, -0.15) is 13.2 Å². The molecular weight excluding hydrogens is 460 g/mol. The Morgan fingerprint density at radius 3 is 2.46 bits per heavy atom. The molecule has 26 heavy (non-hydrogen) atoms. The maximum absolute atomic E-state index is 12.2. The zero-order valence-corrected chi connectivity index (χ0v) is 16.6. The lowest BCUT2D eigenvalue weighted by Crippen LogP contribution is -2.22. The predicted octanol–water partition coefficient (Wildman–Crippen LogP) is 4.18. The number of pyridine rings is 1. The normalized spacial score (nSPS) is 11.7. The van der Waals surface area contributed by atoms with Crippen LogP contribution in [0.1, 0.15) is 16.7 Å². The van der Waals surface area contributed by atoms with Gasteiger partial charge in [0.15, 0.2) is 12.6 Å². The first-order valence-corrected chi connectivity index (χ1v) is 7.51. The summed E-state index contributed by atoms with van der Waals surface area (Å²) in [5.74, 6) is 0.102. The van der Waals surface area contributed by atoms with E-state index < -0.39 is 12.8 Å². The van der Waals surface area contributed by atoms with Crippen LogP contribution in [-0.2, 0) is 6.54 Å². The zero-order valence-electron chi connectivity index (χ0n) is 14.3. The van der Waals surface area contributed by atoms with Crippen LogP contribution in [0.15, 0.2) is 41.5 Å². The Bertz CT molecular complexity index is 746. The van der Waals surface area contributed by atoms with Crippen LogP contribution in [0.5, 0.6) is 5.88 Å². The molecule has 0 saturated carbocycles. The van der Waals surface area contributed by atoms with Crippen molar-refractivity contribution in [1.82, 2.24) is 4.98 Å². The SMILES string of the molecule is Cc1cc(C)cc(NC(N)=NCc2ccnc(OCC(F)(F)F)c2)c1.I. The Morgan fingerprint density at radius 1 is 1.19 bits per heavy atom. The minimum atomic E-state index is -4.41. The van der Waals surface area contributed by atoms with E-state index in [9.17, 15) is 13.2 Å². The number of halogens is 4. The second-order valence-corrected chi connectivity index (χ2v) is 5.61. The molecule has 2 rings (SSSR count). The van der Waals surface area contributed by atoms with Crippen LogP contribution in [0.3, 0.4) is 0 Å². The number of hydrogen-bond acceptors (Lipinski definition) is 3. The second-order valence-electron chi connectivity index (χ2n) is 5.61. The molecule has 0 atom stereocenters. The van der Waals surface area contributed by atoms with Gasteiger partial charge in [-0.25, -0.2) is 9.98 Å². The number of rotatable bonds is 5. The zero-order chi connectivity index (χ0) is 18.4. The van der Waals surface area contributed by atoms with Crippen molar-refractivity contribution in [3.63, 3.8) is 0 Å². The van der Waals surface area contributed by atoms with Crippen molar-refractivity contribution in [2.45, 2.75) is 26.6 Å². The number of nitrogens with two attached hydrogens (primary N) is 1. The van der Waals surface area contributed by atoms with Gasteiger partial charge in [0.25, 0.3) is 0 Å². The van der Waals surface area contributed by atoms with Crippen LogP contribution in [0.2, 0.25) is 0 Å². The average Bonchev–Trinajstić information content (AvgIpc) is 2.50. The van der Waals surface area contributed by atoms with Crippen LogP contribution < -0.4 is 15.8 Å². The van der Waals surface area contributed by atoms with E-state index in [-0.39, 0.29) is 42.4 Å². The van der Waals surface area contributed by atoms with Crippen molar-refractivity contribution >= 4 is 35.6 Å². The number of guanidine groups is 1. The first-order valence-electron chi connectivity index (χ1n) is 7.51. The van der Waals surface area contributed by atoms with Crippen LogP contribution in [0.25, 0.3) is 0 Å². The highest BCUT2D eigenvalue weighted by atomic mass is 127. The van der Waals surface area contributed by atoms with E-state index in [2.05, 4.69) is 20.0 Å². The van der Waals surface area contributed by atoms with Crippen molar-refractivity contribution < 1.29 is 17.9 Å². The van der Waals surface area contributed by atoms with Crippen molar-refractivity contribution in [3.8, 4) is 5.88 Å². The highest BCUT2D eigenvalue weighted by molar-refractivity contribution is 14.0. The smallest absolute Gasteiger partial charge is 0.422 e. The number of aromatic nitrogens is 1. The van der Waals surface area contributed by atoms with Gasteiger partial charge in [-0.3, -0.25) is 0 Å². The van der Waals surface area contributed by atoms with Gasteiger partial charge in [-0.15, -0.1) is 24.0 Å². The highest BCUT2D eigenvalue weighted by Gasteiger charge is 2.28. The Balaban J connectivity index is 0.00000338. The van der Waals surface area contributed by atoms with Gasteiger partial charge in [0, 0.05) is 18.0 Å². The van der Waals surface area contributed by atoms with E-state index in [1.165, 1.54) is 12.3 Å². The van der Waals surface area contributed by atoms with Gasteiger partial charge < -0.3 is 15.8 Å². The van der Waals surface area contributed by atoms with Gasteiger partial charge in [0.2, 0.25) is 5.88 Å². The van der Waals surface area contributed by atoms with E-state index in [4.69, 9.17) is 5.73 Å². The van der Waals surface area contributed by atoms with Crippen LogP contribution in [0, 0.1) is 13.8 Å². The van der Waals surface area contributed by atoms with Gasteiger partial charge in [-0.05, 0) is 48.7 Å². The topological polar surface area (TPSA) is 72.5 Å². The minimum absolute atomic E-state index is 0. The number of anilines is 1. The maximum atomic E-state index is 12.2. The fourth-order valence-electron chi connectivity index (χ4n) is 2.19. The van der Waals surface area contributed by atoms with Crippen molar-refractivity contribution in [1.29, 1.82) is 0 Å². The molecule has 0 unspecified atom stereocenters. The quantitative estimate of drug-likeness (QED) is 0.383. The third-order valence-electron chi connectivity index (χ3n) is 3.11. The third-order valence-corrected chi connectivity index (χ3v) is 3.11. The van der Waals surface area contributed by atoms with Gasteiger partial charge in [-0.1, -0.05) is 6.07 Å². The molecule has 3 N–H and O–H groups in total. The number of alkyl halides is 3. The molecular formula is C17H20F3IN4O. The molecule has 5 nitrogen and oxygen atoms in total. The number of nitrogens with one attached hydrogen (secondary N) is 1. The van der Waals surface area contributed by atoms with Crippen LogP contribution in [0.4, 0.5) is 18.9 Å². The molecule has 2 aromatic rings. The van der Waals surface area contributed by atoms with E-state index in [0.29, 0.717) is 5.56 Å². The lowest BCUT2D eigenvalue weighted by molar-refractivity contribution is -0.154. The molecule has 0 saturated heterocycles. The average molecular weight is 480 g/mol. The molecule has 1 heterocycles. The summed E-state index contributed by atoms with van der Waals surface area (Å²) in [4.78, 5) is 7.92. The number of hydrogen-bond donors (Lipinski definition) is 2. The molecule has 0 bridgehead atoms. The van der Waals surface area contributed by atoms with E-state index in [0.717, 1.165) is 16.8 Å². The second kappa shape index (κ2) is 9.60. The Kier molecular flexibility index (Phi) is 8.12. The minimum Gasteiger partial charge on any atom is -0.468 e. The lowest BCUT2D eigenvalue weighted by Gasteiger charge is -2.09. The lowest BCUT2D eigenvalue weighted by atomic mass is 10.1. The Hall–Kier alpha value is -2.04. The first kappa shape index (κ1) is 22.0. The first-order chi connectivity index (χ1) is 11.7. The van der Waals surface area contributed by atoms with Crippen molar-refractivity contribution in [3.05, 3.63) is 53.2 Å². The van der Waals surface area contributed by atoms with Gasteiger partial charge in [0.1, 0.15) is 0 Å². The highest BCUT2D eigenvalue weighted by Crippen LogP contribution is 2.18. The molecule has 1 aromatic carbocycles. The molecule has 0 spiro atoms. The van der Waals surface area contributed by atoms with Crippen LogP contribution in [-0.4, -0.2) is 23.7 Å². The molecule has 9 heteroatoms. The monoisotopic (exact) mass is 480 g/mol. The van der Waals surface area contributed by atoms with Gasteiger partial charge >= 0.3 is 6.18 Å². The molecule has 142 valence electrons. The standard InChI is InChI=1S/C17H19F3N4O.HI/c1-11-5-12(2)7-14(6-11)24-16(21)23-9-13-3-4-22-15(8-13)25-10-17(18,19)20;/h3-8H,9-10H2,1-2H3,(H3,21,23,24);1H. The largest absolute Gasteiger partial charge is 0.468 e. The summed E-state index contributed by atoms with van der Waals surface area (Å²) < 4.78 is 41.1. The van der Waals surface area contributed by atoms with Gasteiger partial charge in [0.05, 0.1) is 6.54 Å². The maximum Gasteiger partial charge on any atom is 0.422 e. The number of benzene rings is 1. The number of aliphatic imine (C=N–C) groups is 1. The van der Waals surface area contributed by atoms with Crippen LogP contribution >= 0.6 is 24.0 Å². The fraction of sp³-hybridized carbons (Fsp3) is 0.294.